The fraction of sp³-hybridized carbons (Fsp3) is 0.650. The summed E-state index contributed by atoms with van der Waals surface area (Å²) in [6, 6.07) is 13.0. The van der Waals surface area contributed by atoms with Gasteiger partial charge in [-0.05, 0) is 116 Å². The standard InChI is InChI=1S/C60H82N2O18/c1-9-26-73-56(69)61-29-36-11-13-37(14-12-36)30-62-57(70)77-47-32-75-54(51(49(47)67)79-53(68)38-15-18-41(72-8)19-16-38)80-50-46(66)31-74-55(52(50)76-35(5)63)78-48-28-44-42-20-17-39-27-40(64)22-24-58(39,6)43(42)23-25-59(44,7)60(48,71)34(4)45(65)21-10-33(2)3/h9,11-19,33-34,40,42-44,46-52,54-55,64,66-67,71H,1,10,20-32H2,2-8H3,(H,61,69)(H,62,70)/t34-,40+,42-,43?,44+,46?,47?,48+,49?,50?,51?,52?,54?,55?,58+,59+,60-/m1/s1. The number of Topliss-reactive ketones (excluding diaryl/α,β-unsaturated/α-hetero) is 1. The number of amides is 2. The number of rotatable bonds is 20. The lowest BCUT2D eigenvalue weighted by atomic mass is 9.46. The summed E-state index contributed by atoms with van der Waals surface area (Å²) in [5.41, 5.74) is 0.134. The zero-order valence-corrected chi connectivity index (χ0v) is 47.0. The Morgan fingerprint density at radius 1 is 0.812 bits per heavy atom. The molecule has 80 heavy (non-hydrogen) atoms. The molecular weight excluding hydrogens is 1040 g/mol. The van der Waals surface area contributed by atoms with Gasteiger partial charge >= 0.3 is 24.1 Å². The van der Waals surface area contributed by atoms with Crippen molar-refractivity contribution in [3.8, 4) is 5.75 Å². The Hall–Kier alpha value is -5.45. The predicted octanol–water partition coefficient (Wildman–Crippen LogP) is 6.37. The van der Waals surface area contributed by atoms with Crippen LogP contribution >= 0.6 is 0 Å². The average Bonchev–Trinajstić information content (AvgIpc) is 3.94. The summed E-state index contributed by atoms with van der Waals surface area (Å²) in [6.45, 7) is 14.3. The largest absolute Gasteiger partial charge is 0.497 e. The van der Waals surface area contributed by atoms with E-state index in [2.05, 4.69) is 37.1 Å². The van der Waals surface area contributed by atoms with Crippen LogP contribution in [-0.2, 0) is 60.6 Å². The van der Waals surface area contributed by atoms with E-state index in [-0.39, 0.29) is 72.7 Å². The first-order valence-electron chi connectivity index (χ1n) is 28.2. The minimum absolute atomic E-state index is 0.0115. The van der Waals surface area contributed by atoms with Crippen molar-refractivity contribution in [2.45, 2.75) is 179 Å². The maximum atomic E-state index is 14.3. The maximum absolute atomic E-state index is 14.3. The van der Waals surface area contributed by atoms with Gasteiger partial charge in [-0.1, -0.05) is 83.2 Å². The molecule has 0 spiro atoms. The Morgan fingerprint density at radius 2 is 1.48 bits per heavy atom. The zero-order chi connectivity index (χ0) is 57.7. The van der Waals surface area contributed by atoms with Crippen LogP contribution in [0.3, 0.4) is 0 Å². The maximum Gasteiger partial charge on any atom is 0.407 e. The molecular formula is C60H82N2O18. The van der Waals surface area contributed by atoms with Crippen molar-refractivity contribution in [3.63, 3.8) is 0 Å². The molecule has 4 aliphatic carbocycles. The number of fused-ring (bicyclic) bond motifs is 5. The molecule has 20 nitrogen and oxygen atoms in total. The van der Waals surface area contributed by atoms with Gasteiger partial charge in [0, 0.05) is 37.8 Å². The Morgan fingerprint density at radius 3 is 2.12 bits per heavy atom. The number of aliphatic hydroxyl groups is 4. The first-order valence-corrected chi connectivity index (χ1v) is 28.2. The predicted molar refractivity (Wildman–Crippen MR) is 287 cm³/mol. The SMILES string of the molecule is C=CCOC(=O)NCc1ccc(CNC(=O)OC2COC(OC3C(O)COC(O[C@H]4C[C@H]5[C@@H]6CC=C7C[C@@H](O)CC[C@]7(C)C6CC[C@]5(C)[C@@]4(O)[C@H](C)C(=O)CCC(C)C)C3OC(C)=O)C(OC(=O)c3ccc(OC)cc3)C2O)cc1. The third kappa shape index (κ3) is 12.9. The van der Waals surface area contributed by atoms with Crippen molar-refractivity contribution in [2.24, 2.45) is 40.4 Å². The van der Waals surface area contributed by atoms with E-state index in [1.165, 1.54) is 43.0 Å². The van der Waals surface area contributed by atoms with E-state index >= 15 is 0 Å². The van der Waals surface area contributed by atoms with Crippen molar-refractivity contribution in [2.75, 3.05) is 26.9 Å². The third-order valence-electron chi connectivity index (χ3n) is 18.2. The van der Waals surface area contributed by atoms with E-state index in [9.17, 15) is 44.4 Å². The number of carbonyl (C=O) groups excluding carboxylic acids is 5. The van der Waals surface area contributed by atoms with Crippen LogP contribution in [0.1, 0.15) is 121 Å². The van der Waals surface area contributed by atoms with Gasteiger partial charge in [-0.3, -0.25) is 9.59 Å². The van der Waals surface area contributed by atoms with Gasteiger partial charge in [-0.15, -0.1) is 0 Å². The summed E-state index contributed by atoms with van der Waals surface area (Å²) in [6.07, 6.45) is -6.32. The number of hydrogen-bond acceptors (Lipinski definition) is 18. The number of ether oxygens (including phenoxy) is 9. The van der Waals surface area contributed by atoms with Crippen molar-refractivity contribution < 1.29 is 87.0 Å². The van der Waals surface area contributed by atoms with Crippen LogP contribution < -0.4 is 15.4 Å². The molecule has 5 fully saturated rings. The van der Waals surface area contributed by atoms with Crippen molar-refractivity contribution in [1.82, 2.24) is 10.6 Å². The summed E-state index contributed by atoms with van der Waals surface area (Å²) >= 11 is 0. The van der Waals surface area contributed by atoms with Gasteiger partial charge in [0.25, 0.3) is 0 Å². The monoisotopic (exact) mass is 1120 g/mol. The van der Waals surface area contributed by atoms with Gasteiger partial charge in [0.2, 0.25) is 0 Å². The molecule has 6 N–H and O–H groups in total. The molecule has 2 saturated heterocycles. The second-order valence-electron chi connectivity index (χ2n) is 23.5. The number of carbonyl (C=O) groups is 5. The van der Waals surface area contributed by atoms with Gasteiger partial charge in [0.15, 0.2) is 30.9 Å². The third-order valence-corrected chi connectivity index (χ3v) is 18.2. The smallest absolute Gasteiger partial charge is 0.407 e. The van der Waals surface area contributed by atoms with Crippen molar-refractivity contribution >= 4 is 29.9 Å². The summed E-state index contributed by atoms with van der Waals surface area (Å²) in [4.78, 5) is 66.4. The lowest BCUT2D eigenvalue weighted by Crippen LogP contribution is -2.64. The highest BCUT2D eigenvalue weighted by Gasteiger charge is 2.70. The number of benzene rings is 2. The molecule has 9 unspecified atom stereocenters. The van der Waals surface area contributed by atoms with Gasteiger partial charge in [-0.2, -0.15) is 0 Å². The topological polar surface area (TPSA) is 273 Å². The molecule has 17 atom stereocenters. The highest BCUT2D eigenvalue weighted by atomic mass is 16.8. The average molecular weight is 1120 g/mol. The minimum atomic E-state index is -1.79. The summed E-state index contributed by atoms with van der Waals surface area (Å²) in [5, 5.41) is 53.3. The molecule has 8 rings (SSSR count). The van der Waals surface area contributed by atoms with Gasteiger partial charge in [0.05, 0.1) is 38.1 Å². The van der Waals surface area contributed by atoms with E-state index in [1.54, 1.807) is 31.2 Å². The second kappa shape index (κ2) is 25.8. The summed E-state index contributed by atoms with van der Waals surface area (Å²) in [7, 11) is 1.46. The lowest BCUT2D eigenvalue weighted by molar-refractivity contribution is -0.345. The first-order chi connectivity index (χ1) is 38.1. The molecule has 20 heteroatoms. The molecule has 3 saturated carbocycles. The van der Waals surface area contributed by atoms with Crippen molar-refractivity contribution in [1.29, 1.82) is 0 Å². The van der Waals surface area contributed by atoms with E-state index in [0.29, 0.717) is 43.4 Å². The van der Waals surface area contributed by atoms with Crippen LogP contribution in [0, 0.1) is 40.4 Å². The van der Waals surface area contributed by atoms with Crippen molar-refractivity contribution in [3.05, 3.63) is 89.5 Å². The molecule has 2 aromatic rings. The normalized spacial score (nSPS) is 35.0. The number of esters is 2. The summed E-state index contributed by atoms with van der Waals surface area (Å²) < 4.78 is 53.4. The van der Waals surface area contributed by atoms with E-state index in [0.717, 1.165) is 31.7 Å². The van der Waals surface area contributed by atoms with E-state index in [4.69, 9.17) is 42.6 Å². The molecule has 2 heterocycles. The Kier molecular flexibility index (Phi) is 19.5. The van der Waals surface area contributed by atoms with E-state index < -0.39 is 110 Å². The number of aliphatic hydroxyl groups excluding tert-OH is 3. The molecule has 2 aliphatic heterocycles. The Bertz CT molecular complexity index is 2540. The molecule has 2 aromatic carbocycles. The molecule has 440 valence electrons. The van der Waals surface area contributed by atoms with Crippen LogP contribution in [0.25, 0.3) is 0 Å². The van der Waals surface area contributed by atoms with Gasteiger partial charge < -0.3 is 73.7 Å². The number of hydrogen-bond donors (Lipinski definition) is 6. The van der Waals surface area contributed by atoms with Crippen LogP contribution in [-0.4, -0.2) is 144 Å². The fourth-order valence-electron chi connectivity index (χ4n) is 13.7. The Balaban J connectivity index is 1.02. The number of alkyl carbamates (subject to hydrolysis) is 2. The number of methoxy groups -OCH3 is 1. The number of allylic oxidation sites excluding steroid dienone is 1. The highest BCUT2D eigenvalue weighted by molar-refractivity contribution is 5.89. The van der Waals surface area contributed by atoms with Crippen LogP contribution in [0.15, 0.2) is 72.8 Å². The summed E-state index contributed by atoms with van der Waals surface area (Å²) in [5.74, 6) is -1.70. The Labute approximate surface area is 468 Å². The quantitative estimate of drug-likeness (QED) is 0.0477. The van der Waals surface area contributed by atoms with Crippen LogP contribution in [0.5, 0.6) is 5.75 Å². The number of nitrogens with one attached hydrogen (secondary N) is 2. The number of ketones is 1. The van der Waals surface area contributed by atoms with Gasteiger partial charge in [0.1, 0.15) is 42.1 Å². The highest BCUT2D eigenvalue weighted by Crippen LogP contribution is 2.69. The van der Waals surface area contributed by atoms with Crippen LogP contribution in [0.4, 0.5) is 9.59 Å². The second-order valence-corrected chi connectivity index (χ2v) is 23.5. The molecule has 6 aliphatic rings. The zero-order valence-electron chi connectivity index (χ0n) is 47.0. The molecule has 0 aromatic heterocycles. The first kappa shape index (κ1) is 60.6. The molecule has 0 radical (unpaired) electrons. The molecule has 0 bridgehead atoms. The van der Waals surface area contributed by atoms with Gasteiger partial charge in [-0.25, -0.2) is 14.4 Å². The lowest BCUT2D eigenvalue weighted by Gasteiger charge is -2.59. The van der Waals surface area contributed by atoms with E-state index in [1.807, 2.05) is 13.8 Å². The molecule has 2 amide bonds. The van der Waals surface area contributed by atoms with Crippen LogP contribution in [0.2, 0.25) is 0 Å². The fourth-order valence-corrected chi connectivity index (χ4v) is 13.7. The minimum Gasteiger partial charge on any atom is -0.497 e.